The first-order valence-corrected chi connectivity index (χ1v) is 6.77. The maximum absolute atomic E-state index is 13.1. The Labute approximate surface area is 128 Å². The summed E-state index contributed by atoms with van der Waals surface area (Å²) in [6.45, 7) is 1.51. The Kier molecular flexibility index (Phi) is 4.54. The standard InChI is InChI=1S/C14H11BrFNO4/c1-8(18)9-2-5-14(13(6-9)17(19)20)21-10-3-4-12(16)11(15)7-10/h2-8,18H,1H3. The molecule has 5 nitrogen and oxygen atoms in total. The molecule has 1 atom stereocenters. The first-order chi connectivity index (χ1) is 9.88. The zero-order chi connectivity index (χ0) is 15.6. The molecule has 0 aliphatic carbocycles. The summed E-state index contributed by atoms with van der Waals surface area (Å²) in [6.07, 6.45) is -0.822. The van der Waals surface area contributed by atoms with Crippen LogP contribution in [-0.4, -0.2) is 10.0 Å². The Hall–Kier alpha value is -1.99. The van der Waals surface area contributed by atoms with Gasteiger partial charge in [0, 0.05) is 6.07 Å². The highest BCUT2D eigenvalue weighted by Crippen LogP contribution is 2.34. The molecule has 0 aliphatic heterocycles. The fourth-order valence-corrected chi connectivity index (χ4v) is 2.05. The van der Waals surface area contributed by atoms with Crippen molar-refractivity contribution in [1.29, 1.82) is 0 Å². The van der Waals surface area contributed by atoms with Gasteiger partial charge in [-0.1, -0.05) is 6.07 Å². The normalized spacial score (nSPS) is 12.0. The van der Waals surface area contributed by atoms with E-state index in [2.05, 4.69) is 15.9 Å². The van der Waals surface area contributed by atoms with E-state index >= 15 is 0 Å². The van der Waals surface area contributed by atoms with Crippen LogP contribution < -0.4 is 4.74 Å². The minimum atomic E-state index is -0.822. The average Bonchev–Trinajstić information content (AvgIpc) is 2.43. The monoisotopic (exact) mass is 355 g/mol. The van der Waals surface area contributed by atoms with Crippen molar-refractivity contribution in [3.8, 4) is 11.5 Å². The molecule has 2 aromatic carbocycles. The van der Waals surface area contributed by atoms with Crippen molar-refractivity contribution in [3.63, 3.8) is 0 Å². The van der Waals surface area contributed by atoms with Gasteiger partial charge in [-0.25, -0.2) is 4.39 Å². The van der Waals surface area contributed by atoms with E-state index in [9.17, 15) is 19.6 Å². The number of benzene rings is 2. The number of halogens is 2. The minimum absolute atomic E-state index is 0.0166. The smallest absolute Gasteiger partial charge is 0.311 e. The second-order valence-corrected chi connectivity index (χ2v) is 5.19. The lowest BCUT2D eigenvalue weighted by Gasteiger charge is -2.09. The minimum Gasteiger partial charge on any atom is -0.450 e. The summed E-state index contributed by atoms with van der Waals surface area (Å²) in [5.74, 6) is -0.180. The highest BCUT2D eigenvalue weighted by Gasteiger charge is 2.18. The largest absolute Gasteiger partial charge is 0.450 e. The molecule has 0 radical (unpaired) electrons. The lowest BCUT2D eigenvalue weighted by Crippen LogP contribution is -1.97. The molecule has 0 saturated heterocycles. The van der Waals surface area contributed by atoms with Crippen molar-refractivity contribution in [1.82, 2.24) is 0 Å². The number of aliphatic hydroxyl groups is 1. The third kappa shape index (κ3) is 3.56. The van der Waals surface area contributed by atoms with Crippen LogP contribution in [0.3, 0.4) is 0 Å². The maximum Gasteiger partial charge on any atom is 0.311 e. The lowest BCUT2D eigenvalue weighted by molar-refractivity contribution is -0.385. The third-order valence-corrected chi connectivity index (χ3v) is 3.39. The van der Waals surface area contributed by atoms with E-state index < -0.39 is 16.8 Å². The molecule has 7 heteroatoms. The number of aliphatic hydroxyl groups excluding tert-OH is 1. The summed E-state index contributed by atoms with van der Waals surface area (Å²) in [5, 5.41) is 20.5. The van der Waals surface area contributed by atoms with Crippen LogP contribution in [0.15, 0.2) is 40.9 Å². The number of nitro groups is 1. The Bertz CT molecular complexity index is 691. The highest BCUT2D eigenvalue weighted by atomic mass is 79.9. The van der Waals surface area contributed by atoms with Crippen LogP contribution in [0.4, 0.5) is 10.1 Å². The fourth-order valence-electron chi connectivity index (χ4n) is 1.69. The quantitative estimate of drug-likeness (QED) is 0.653. The third-order valence-electron chi connectivity index (χ3n) is 2.78. The van der Waals surface area contributed by atoms with Gasteiger partial charge in [-0.15, -0.1) is 0 Å². The summed E-state index contributed by atoms with van der Waals surface area (Å²) < 4.78 is 18.8. The van der Waals surface area contributed by atoms with E-state index in [-0.39, 0.29) is 21.7 Å². The van der Waals surface area contributed by atoms with Crippen LogP contribution in [0.1, 0.15) is 18.6 Å². The first-order valence-electron chi connectivity index (χ1n) is 5.98. The van der Waals surface area contributed by atoms with E-state index in [4.69, 9.17) is 4.74 Å². The SMILES string of the molecule is CC(O)c1ccc(Oc2ccc(F)c(Br)c2)c([N+](=O)[O-])c1. The molecule has 2 aromatic rings. The number of rotatable bonds is 4. The summed E-state index contributed by atoms with van der Waals surface area (Å²) in [5.41, 5.74) is 0.142. The molecular formula is C14H11BrFNO4. The van der Waals surface area contributed by atoms with Gasteiger partial charge in [-0.2, -0.15) is 0 Å². The average molecular weight is 356 g/mol. The van der Waals surface area contributed by atoms with Gasteiger partial charge in [-0.3, -0.25) is 10.1 Å². The number of hydrogen-bond acceptors (Lipinski definition) is 4. The van der Waals surface area contributed by atoms with Crippen LogP contribution >= 0.6 is 15.9 Å². The maximum atomic E-state index is 13.1. The Morgan fingerprint density at radius 1 is 1.33 bits per heavy atom. The fraction of sp³-hybridized carbons (Fsp3) is 0.143. The molecule has 0 aromatic heterocycles. The Morgan fingerprint density at radius 3 is 2.62 bits per heavy atom. The second-order valence-electron chi connectivity index (χ2n) is 4.34. The van der Waals surface area contributed by atoms with E-state index in [1.54, 1.807) is 0 Å². The summed E-state index contributed by atoms with van der Waals surface area (Å²) in [6, 6.07) is 8.12. The van der Waals surface area contributed by atoms with Crippen molar-refractivity contribution in [3.05, 3.63) is 62.4 Å². The second kappa shape index (κ2) is 6.19. The van der Waals surface area contributed by atoms with Gasteiger partial charge in [-0.05, 0) is 52.7 Å². The van der Waals surface area contributed by atoms with Crippen molar-refractivity contribution in [2.24, 2.45) is 0 Å². The van der Waals surface area contributed by atoms with Crippen LogP contribution in [0.5, 0.6) is 11.5 Å². The van der Waals surface area contributed by atoms with Gasteiger partial charge in [0.1, 0.15) is 11.6 Å². The molecule has 0 saturated carbocycles. The Morgan fingerprint density at radius 2 is 2.05 bits per heavy atom. The molecule has 0 bridgehead atoms. The van der Waals surface area contributed by atoms with Crippen LogP contribution in [0, 0.1) is 15.9 Å². The van der Waals surface area contributed by atoms with E-state index in [1.807, 2.05) is 0 Å². The predicted octanol–water partition coefficient (Wildman–Crippen LogP) is 4.34. The lowest BCUT2D eigenvalue weighted by atomic mass is 10.1. The van der Waals surface area contributed by atoms with Gasteiger partial charge in [0.05, 0.1) is 15.5 Å². The van der Waals surface area contributed by atoms with Crippen molar-refractivity contribution < 1.29 is 19.2 Å². The molecule has 21 heavy (non-hydrogen) atoms. The van der Waals surface area contributed by atoms with Crippen molar-refractivity contribution in [2.75, 3.05) is 0 Å². The molecule has 110 valence electrons. The molecule has 2 rings (SSSR count). The van der Waals surface area contributed by atoms with Crippen LogP contribution in [0.2, 0.25) is 0 Å². The number of nitro benzene ring substituents is 1. The number of hydrogen-bond donors (Lipinski definition) is 1. The molecule has 1 N–H and O–H groups in total. The van der Waals surface area contributed by atoms with Crippen LogP contribution in [0.25, 0.3) is 0 Å². The van der Waals surface area contributed by atoms with Crippen molar-refractivity contribution >= 4 is 21.6 Å². The van der Waals surface area contributed by atoms with E-state index in [0.29, 0.717) is 5.56 Å². The molecule has 0 heterocycles. The molecule has 0 amide bonds. The summed E-state index contributed by atoms with van der Waals surface area (Å²) in [7, 11) is 0. The number of ether oxygens (including phenoxy) is 1. The van der Waals surface area contributed by atoms with E-state index in [1.165, 1.54) is 43.3 Å². The topological polar surface area (TPSA) is 72.6 Å². The predicted molar refractivity (Wildman–Crippen MR) is 77.9 cm³/mol. The van der Waals surface area contributed by atoms with Crippen LogP contribution in [-0.2, 0) is 0 Å². The molecule has 0 fully saturated rings. The first kappa shape index (κ1) is 15.4. The highest BCUT2D eigenvalue weighted by molar-refractivity contribution is 9.10. The van der Waals surface area contributed by atoms with Gasteiger partial charge in [0.25, 0.3) is 0 Å². The molecular weight excluding hydrogens is 345 g/mol. The summed E-state index contributed by atoms with van der Waals surface area (Å²) in [4.78, 5) is 10.5. The van der Waals surface area contributed by atoms with Gasteiger partial charge >= 0.3 is 5.69 Å². The van der Waals surface area contributed by atoms with Gasteiger partial charge in [0.2, 0.25) is 5.75 Å². The molecule has 1 unspecified atom stereocenters. The molecule has 0 spiro atoms. The van der Waals surface area contributed by atoms with Crippen molar-refractivity contribution in [2.45, 2.75) is 13.0 Å². The summed E-state index contributed by atoms with van der Waals surface area (Å²) >= 11 is 3.02. The molecule has 0 aliphatic rings. The Balaban J connectivity index is 2.39. The van der Waals surface area contributed by atoms with Gasteiger partial charge < -0.3 is 9.84 Å². The number of nitrogens with zero attached hydrogens (tertiary/aromatic N) is 1. The van der Waals surface area contributed by atoms with E-state index in [0.717, 1.165) is 0 Å². The van der Waals surface area contributed by atoms with Gasteiger partial charge in [0.15, 0.2) is 0 Å². The zero-order valence-electron chi connectivity index (χ0n) is 10.9. The zero-order valence-corrected chi connectivity index (χ0v) is 12.5.